The third kappa shape index (κ3) is 3.73. The first-order valence-corrected chi connectivity index (χ1v) is 11.3. The second-order valence-corrected chi connectivity index (χ2v) is 8.72. The molecule has 0 fully saturated rings. The van der Waals surface area contributed by atoms with Crippen LogP contribution in [0.4, 0.5) is 5.69 Å². The highest BCUT2D eigenvalue weighted by molar-refractivity contribution is 6.03. The number of amides is 1. The first kappa shape index (κ1) is 21.8. The molecule has 0 aromatic heterocycles. The van der Waals surface area contributed by atoms with Crippen LogP contribution in [0.2, 0.25) is 0 Å². The fraction of sp³-hybridized carbons (Fsp3) is 0.207. The molecule has 0 bridgehead atoms. The molecule has 5 heteroatoms. The Kier molecular flexibility index (Phi) is 5.62. The molecule has 0 saturated carbocycles. The van der Waals surface area contributed by atoms with Crippen LogP contribution >= 0.6 is 0 Å². The van der Waals surface area contributed by atoms with Crippen LogP contribution in [-0.2, 0) is 11.3 Å². The zero-order valence-corrected chi connectivity index (χ0v) is 19.5. The van der Waals surface area contributed by atoms with E-state index >= 15 is 0 Å². The van der Waals surface area contributed by atoms with E-state index in [0.29, 0.717) is 24.5 Å². The van der Waals surface area contributed by atoms with Gasteiger partial charge in [0.2, 0.25) is 11.7 Å². The zero-order valence-electron chi connectivity index (χ0n) is 19.5. The average molecular weight is 454 g/mol. The first-order valence-electron chi connectivity index (χ1n) is 11.3. The van der Waals surface area contributed by atoms with Crippen LogP contribution in [0.25, 0.3) is 10.8 Å². The Morgan fingerprint density at radius 1 is 0.941 bits per heavy atom. The number of rotatable bonds is 5. The van der Waals surface area contributed by atoms with Gasteiger partial charge in [0.15, 0.2) is 11.5 Å². The van der Waals surface area contributed by atoms with Gasteiger partial charge in [0.1, 0.15) is 0 Å². The zero-order chi connectivity index (χ0) is 23.8. The summed E-state index contributed by atoms with van der Waals surface area (Å²) in [5.41, 5.74) is 5.14. The Balaban J connectivity index is 1.70. The van der Waals surface area contributed by atoms with Crippen molar-refractivity contribution in [1.82, 2.24) is 0 Å². The lowest BCUT2D eigenvalue weighted by Gasteiger charge is -2.35. The Hall–Kier alpha value is -3.99. The lowest BCUT2D eigenvalue weighted by atomic mass is 9.81. The van der Waals surface area contributed by atoms with Gasteiger partial charge in [-0.15, -0.1) is 0 Å². The number of nitrogens with zero attached hydrogens (tertiary/aromatic N) is 1. The second kappa shape index (κ2) is 8.75. The molecular weight excluding hydrogens is 426 g/mol. The minimum absolute atomic E-state index is 0.0462. The van der Waals surface area contributed by atoms with E-state index in [9.17, 15) is 9.90 Å². The van der Waals surface area contributed by atoms with Gasteiger partial charge in [0.25, 0.3) is 0 Å². The van der Waals surface area contributed by atoms with Crippen molar-refractivity contribution < 1.29 is 19.4 Å². The van der Waals surface area contributed by atoms with Gasteiger partial charge in [0, 0.05) is 18.0 Å². The van der Waals surface area contributed by atoms with Crippen molar-refractivity contribution in [2.75, 3.05) is 19.1 Å². The molecule has 1 aliphatic rings. The second-order valence-electron chi connectivity index (χ2n) is 8.72. The summed E-state index contributed by atoms with van der Waals surface area (Å²) in [6.45, 7) is 2.57. The predicted octanol–water partition coefficient (Wildman–Crippen LogP) is 5.94. The van der Waals surface area contributed by atoms with Gasteiger partial charge in [-0.05, 0) is 52.6 Å². The summed E-state index contributed by atoms with van der Waals surface area (Å²) in [5, 5.41) is 12.7. The summed E-state index contributed by atoms with van der Waals surface area (Å²) in [6.07, 6.45) is 0.309. The number of benzene rings is 4. The maximum atomic E-state index is 13.6. The minimum Gasteiger partial charge on any atom is -0.502 e. The molecule has 1 amide bonds. The monoisotopic (exact) mass is 453 g/mol. The Bertz CT molecular complexity index is 1370. The largest absolute Gasteiger partial charge is 0.502 e. The van der Waals surface area contributed by atoms with E-state index in [0.717, 1.165) is 33.2 Å². The maximum absolute atomic E-state index is 13.6. The van der Waals surface area contributed by atoms with E-state index in [-0.39, 0.29) is 17.6 Å². The Labute approximate surface area is 199 Å². The van der Waals surface area contributed by atoms with Crippen molar-refractivity contribution in [3.63, 3.8) is 0 Å². The number of hydrogen-bond acceptors (Lipinski definition) is 4. The van der Waals surface area contributed by atoms with Gasteiger partial charge in [-0.3, -0.25) is 4.79 Å². The molecule has 172 valence electrons. The SMILES string of the molecule is COc1cc(C2CC(=O)N(Cc3cccc(C)c3)c3ccc4ccccc4c32)cc(OC)c1O. The summed E-state index contributed by atoms with van der Waals surface area (Å²) in [6, 6.07) is 24.2. The molecule has 0 radical (unpaired) electrons. The summed E-state index contributed by atoms with van der Waals surface area (Å²) >= 11 is 0. The van der Waals surface area contributed by atoms with Crippen LogP contribution in [0.1, 0.15) is 34.6 Å². The van der Waals surface area contributed by atoms with Crippen LogP contribution in [0.15, 0.2) is 72.8 Å². The van der Waals surface area contributed by atoms with Gasteiger partial charge in [-0.2, -0.15) is 0 Å². The fourth-order valence-electron chi connectivity index (χ4n) is 4.97. The van der Waals surface area contributed by atoms with Crippen LogP contribution in [0, 0.1) is 6.92 Å². The number of phenols is 1. The molecule has 4 aromatic rings. The molecule has 1 N–H and O–H groups in total. The van der Waals surface area contributed by atoms with Crippen LogP contribution in [0.5, 0.6) is 17.2 Å². The molecule has 1 heterocycles. The molecule has 0 spiro atoms. The number of aromatic hydroxyl groups is 1. The average Bonchev–Trinajstić information content (AvgIpc) is 2.85. The van der Waals surface area contributed by atoms with E-state index in [1.807, 2.05) is 29.2 Å². The van der Waals surface area contributed by atoms with Crippen molar-refractivity contribution in [2.24, 2.45) is 0 Å². The normalized spacial score (nSPS) is 15.3. The summed E-state index contributed by atoms with van der Waals surface area (Å²) in [4.78, 5) is 15.4. The minimum atomic E-state index is -0.203. The number of carbonyl (C=O) groups excluding carboxylic acids is 1. The number of anilines is 1. The van der Waals surface area contributed by atoms with E-state index < -0.39 is 0 Å². The highest BCUT2D eigenvalue weighted by Gasteiger charge is 2.34. The molecule has 34 heavy (non-hydrogen) atoms. The predicted molar refractivity (Wildman–Crippen MR) is 134 cm³/mol. The molecule has 1 aliphatic heterocycles. The highest BCUT2D eigenvalue weighted by Crippen LogP contribution is 2.47. The van der Waals surface area contributed by atoms with E-state index in [2.05, 4.69) is 43.3 Å². The highest BCUT2D eigenvalue weighted by atomic mass is 16.5. The summed E-state index contributed by atoms with van der Waals surface area (Å²) in [7, 11) is 3.02. The Morgan fingerprint density at radius 3 is 2.38 bits per heavy atom. The standard InChI is InChI=1S/C29H27NO4/c1-18-7-6-8-19(13-18)17-30-24-12-11-20-9-4-5-10-22(20)28(24)23(16-27(30)31)21-14-25(33-2)29(32)26(15-21)34-3/h4-15,23,32H,16-17H2,1-3H3. The quantitative estimate of drug-likeness (QED) is 0.406. The molecule has 5 rings (SSSR count). The van der Waals surface area contributed by atoms with Crippen molar-refractivity contribution in [3.05, 3.63) is 95.1 Å². The fourth-order valence-corrected chi connectivity index (χ4v) is 4.97. The molecule has 0 aliphatic carbocycles. The topological polar surface area (TPSA) is 59.0 Å². The van der Waals surface area contributed by atoms with Gasteiger partial charge < -0.3 is 19.5 Å². The lowest BCUT2D eigenvalue weighted by molar-refractivity contribution is -0.119. The smallest absolute Gasteiger partial charge is 0.228 e. The number of aryl methyl sites for hydroxylation is 1. The molecular formula is C29H27NO4. The van der Waals surface area contributed by atoms with Gasteiger partial charge in [-0.1, -0.05) is 60.2 Å². The van der Waals surface area contributed by atoms with Crippen molar-refractivity contribution in [2.45, 2.75) is 25.8 Å². The number of phenolic OH excluding ortho intramolecular Hbond substituents is 1. The molecule has 4 aromatic carbocycles. The third-order valence-electron chi connectivity index (χ3n) is 6.59. The number of ether oxygens (including phenoxy) is 2. The van der Waals surface area contributed by atoms with Crippen molar-refractivity contribution >= 4 is 22.4 Å². The Morgan fingerprint density at radius 2 is 1.68 bits per heavy atom. The lowest BCUT2D eigenvalue weighted by Crippen LogP contribution is -2.36. The number of methoxy groups -OCH3 is 2. The maximum Gasteiger partial charge on any atom is 0.228 e. The van der Waals surface area contributed by atoms with Crippen LogP contribution < -0.4 is 14.4 Å². The van der Waals surface area contributed by atoms with Gasteiger partial charge in [0.05, 0.1) is 20.8 Å². The van der Waals surface area contributed by atoms with Gasteiger partial charge >= 0.3 is 0 Å². The first-order chi connectivity index (χ1) is 16.5. The van der Waals surface area contributed by atoms with E-state index in [1.165, 1.54) is 19.8 Å². The van der Waals surface area contributed by atoms with Crippen LogP contribution in [0.3, 0.4) is 0 Å². The summed E-state index contributed by atoms with van der Waals surface area (Å²) in [5.74, 6) is 0.456. The number of carbonyl (C=O) groups is 1. The number of hydrogen-bond donors (Lipinski definition) is 1. The molecule has 0 saturated heterocycles. The third-order valence-corrected chi connectivity index (χ3v) is 6.59. The molecule has 1 atom stereocenters. The molecule has 1 unspecified atom stereocenters. The van der Waals surface area contributed by atoms with Crippen LogP contribution in [-0.4, -0.2) is 25.2 Å². The summed E-state index contributed by atoms with van der Waals surface area (Å²) < 4.78 is 10.8. The van der Waals surface area contributed by atoms with E-state index in [4.69, 9.17) is 9.47 Å². The van der Waals surface area contributed by atoms with Crippen molar-refractivity contribution in [3.8, 4) is 17.2 Å². The van der Waals surface area contributed by atoms with E-state index in [1.54, 1.807) is 12.1 Å². The van der Waals surface area contributed by atoms with Gasteiger partial charge in [-0.25, -0.2) is 0 Å². The number of fused-ring (bicyclic) bond motifs is 3. The van der Waals surface area contributed by atoms with Crippen molar-refractivity contribution in [1.29, 1.82) is 0 Å². The molecule has 5 nitrogen and oxygen atoms in total.